The molecule has 0 heterocycles. The first kappa shape index (κ1) is 8.26. The predicted molar refractivity (Wildman–Crippen MR) is 46.3 cm³/mol. The van der Waals surface area contributed by atoms with Gasteiger partial charge in [-0.25, -0.2) is 8.78 Å². The summed E-state index contributed by atoms with van der Waals surface area (Å²) in [5.74, 6) is -1.24. The zero-order chi connectivity index (χ0) is 7.72. The summed E-state index contributed by atoms with van der Waals surface area (Å²) < 4.78 is 25.6. The van der Waals surface area contributed by atoms with E-state index in [9.17, 15) is 8.78 Å². The van der Waals surface area contributed by atoms with E-state index in [1.54, 1.807) is 0 Å². The van der Waals surface area contributed by atoms with E-state index < -0.39 is 11.6 Å². The van der Waals surface area contributed by atoms with Gasteiger partial charge >= 0.3 is 0 Å². The Kier molecular flexibility index (Phi) is 2.51. The first-order valence-corrected chi connectivity index (χ1v) is 3.97. The summed E-state index contributed by atoms with van der Waals surface area (Å²) in [4.78, 5) is -0.222. The standard InChI is InChI=1S/C6H3F2IS/c7-4-1-3(9)2-5(8)6(4)10/h1-2,10H. The molecule has 0 bridgehead atoms. The number of benzene rings is 1. The Balaban J connectivity index is 3.31. The Hall–Kier alpha value is 0.160. The Morgan fingerprint density at radius 3 is 2.00 bits per heavy atom. The van der Waals surface area contributed by atoms with Crippen molar-refractivity contribution in [1.82, 2.24) is 0 Å². The smallest absolute Gasteiger partial charge is 0.140 e. The molecule has 0 aliphatic carbocycles. The molecule has 4 heteroatoms. The molecule has 54 valence electrons. The van der Waals surface area contributed by atoms with E-state index in [1.807, 2.05) is 22.6 Å². The summed E-state index contributed by atoms with van der Waals surface area (Å²) >= 11 is 5.44. The fourth-order valence-corrected chi connectivity index (χ4v) is 1.21. The number of hydrogen-bond donors (Lipinski definition) is 1. The maximum Gasteiger partial charge on any atom is 0.140 e. The summed E-state index contributed by atoms with van der Waals surface area (Å²) in [7, 11) is 0. The van der Waals surface area contributed by atoms with Crippen LogP contribution in [0, 0.1) is 15.2 Å². The van der Waals surface area contributed by atoms with Crippen LogP contribution in [0.1, 0.15) is 0 Å². The molecule has 0 aliphatic rings. The zero-order valence-electron chi connectivity index (χ0n) is 4.74. The summed E-state index contributed by atoms with van der Waals surface area (Å²) in [6.07, 6.45) is 0. The van der Waals surface area contributed by atoms with Gasteiger partial charge < -0.3 is 0 Å². The van der Waals surface area contributed by atoms with E-state index in [-0.39, 0.29) is 4.90 Å². The third kappa shape index (κ3) is 1.60. The average molecular weight is 272 g/mol. The molecule has 0 fully saturated rings. The third-order valence-corrected chi connectivity index (χ3v) is 2.03. The van der Waals surface area contributed by atoms with Crippen molar-refractivity contribution in [1.29, 1.82) is 0 Å². The molecule has 0 saturated carbocycles. The number of thiol groups is 1. The minimum Gasteiger partial charge on any atom is -0.206 e. The normalized spacial score (nSPS) is 10.0. The van der Waals surface area contributed by atoms with Crippen LogP contribution < -0.4 is 0 Å². The van der Waals surface area contributed by atoms with Crippen LogP contribution in [0.2, 0.25) is 0 Å². The Morgan fingerprint density at radius 1 is 1.20 bits per heavy atom. The van der Waals surface area contributed by atoms with Crippen LogP contribution in [-0.4, -0.2) is 0 Å². The molecule has 0 amide bonds. The minimum absolute atomic E-state index is 0.222. The molecule has 0 nitrogen and oxygen atoms in total. The highest BCUT2D eigenvalue weighted by Gasteiger charge is 2.04. The SMILES string of the molecule is Fc1cc(I)cc(F)c1S. The lowest BCUT2D eigenvalue weighted by atomic mass is 10.3. The lowest BCUT2D eigenvalue weighted by Crippen LogP contribution is -1.85. The number of hydrogen-bond acceptors (Lipinski definition) is 1. The van der Waals surface area contributed by atoms with Gasteiger partial charge in [0.2, 0.25) is 0 Å². The van der Waals surface area contributed by atoms with Crippen molar-refractivity contribution < 1.29 is 8.78 Å². The van der Waals surface area contributed by atoms with Crippen LogP contribution >= 0.6 is 35.2 Å². The second kappa shape index (κ2) is 3.04. The number of halogens is 3. The van der Waals surface area contributed by atoms with Gasteiger partial charge in [0.05, 0.1) is 4.90 Å². The van der Waals surface area contributed by atoms with Gasteiger partial charge in [0.25, 0.3) is 0 Å². The number of rotatable bonds is 0. The highest BCUT2D eigenvalue weighted by Crippen LogP contribution is 2.19. The van der Waals surface area contributed by atoms with Crippen LogP contribution in [0.4, 0.5) is 8.78 Å². The highest BCUT2D eigenvalue weighted by atomic mass is 127. The fourth-order valence-electron chi connectivity index (χ4n) is 0.535. The van der Waals surface area contributed by atoms with Gasteiger partial charge in [0, 0.05) is 3.57 Å². The predicted octanol–water partition coefficient (Wildman–Crippen LogP) is 2.86. The van der Waals surface area contributed by atoms with E-state index in [0.29, 0.717) is 3.57 Å². The second-order valence-electron chi connectivity index (χ2n) is 1.72. The van der Waals surface area contributed by atoms with Gasteiger partial charge in [-0.2, -0.15) is 0 Å². The minimum atomic E-state index is -0.618. The largest absolute Gasteiger partial charge is 0.206 e. The molecule has 0 N–H and O–H groups in total. The van der Waals surface area contributed by atoms with Gasteiger partial charge in [0.1, 0.15) is 11.6 Å². The van der Waals surface area contributed by atoms with Gasteiger partial charge in [0.15, 0.2) is 0 Å². The summed E-state index contributed by atoms with van der Waals surface area (Å²) in [5.41, 5.74) is 0. The monoisotopic (exact) mass is 272 g/mol. The lowest BCUT2D eigenvalue weighted by Gasteiger charge is -1.96. The molecule has 1 rings (SSSR count). The molecule has 1 aromatic carbocycles. The molecule has 0 saturated heterocycles. The van der Waals surface area contributed by atoms with Crippen molar-refractivity contribution in [2.75, 3.05) is 0 Å². The molecule has 0 spiro atoms. The van der Waals surface area contributed by atoms with Gasteiger partial charge in [-0.05, 0) is 34.7 Å². The van der Waals surface area contributed by atoms with Gasteiger partial charge in [-0.3, -0.25) is 0 Å². The topological polar surface area (TPSA) is 0 Å². The Bertz CT molecular complexity index is 239. The molecular weight excluding hydrogens is 269 g/mol. The lowest BCUT2D eigenvalue weighted by molar-refractivity contribution is 0.540. The van der Waals surface area contributed by atoms with Crippen LogP contribution in [0.3, 0.4) is 0 Å². The van der Waals surface area contributed by atoms with Gasteiger partial charge in [-0.15, -0.1) is 12.6 Å². The van der Waals surface area contributed by atoms with E-state index in [4.69, 9.17) is 0 Å². The first-order valence-electron chi connectivity index (χ1n) is 2.45. The molecule has 0 aromatic heterocycles. The van der Waals surface area contributed by atoms with Crippen molar-refractivity contribution in [3.63, 3.8) is 0 Å². The van der Waals surface area contributed by atoms with Gasteiger partial charge in [-0.1, -0.05) is 0 Å². The second-order valence-corrected chi connectivity index (χ2v) is 3.41. The van der Waals surface area contributed by atoms with E-state index in [1.165, 1.54) is 12.1 Å². The molecule has 0 atom stereocenters. The highest BCUT2D eigenvalue weighted by molar-refractivity contribution is 14.1. The molecule has 0 unspecified atom stereocenters. The maximum atomic E-state index is 12.5. The van der Waals surface area contributed by atoms with E-state index in [2.05, 4.69) is 12.6 Å². The molecule has 0 radical (unpaired) electrons. The Labute approximate surface area is 76.2 Å². The molecule has 0 aliphatic heterocycles. The fraction of sp³-hybridized carbons (Fsp3) is 0. The van der Waals surface area contributed by atoms with Crippen molar-refractivity contribution in [3.05, 3.63) is 27.3 Å². The molecular formula is C6H3F2IS. The summed E-state index contributed by atoms with van der Waals surface area (Å²) in [5, 5.41) is 0. The van der Waals surface area contributed by atoms with E-state index >= 15 is 0 Å². The van der Waals surface area contributed by atoms with Crippen molar-refractivity contribution >= 4 is 35.2 Å². The maximum absolute atomic E-state index is 12.5. The quantitative estimate of drug-likeness (QED) is 0.545. The molecule has 10 heavy (non-hydrogen) atoms. The van der Waals surface area contributed by atoms with Crippen LogP contribution in [-0.2, 0) is 0 Å². The van der Waals surface area contributed by atoms with Crippen LogP contribution in [0.25, 0.3) is 0 Å². The van der Waals surface area contributed by atoms with Crippen molar-refractivity contribution in [2.24, 2.45) is 0 Å². The van der Waals surface area contributed by atoms with Crippen molar-refractivity contribution in [2.45, 2.75) is 4.90 Å². The Morgan fingerprint density at radius 2 is 1.60 bits per heavy atom. The molecule has 1 aromatic rings. The van der Waals surface area contributed by atoms with Crippen LogP contribution in [0.15, 0.2) is 17.0 Å². The van der Waals surface area contributed by atoms with E-state index in [0.717, 1.165) is 0 Å². The average Bonchev–Trinajstić information content (AvgIpc) is 1.82. The third-order valence-electron chi connectivity index (χ3n) is 0.982. The zero-order valence-corrected chi connectivity index (χ0v) is 7.79. The summed E-state index contributed by atoms with van der Waals surface area (Å²) in [6.45, 7) is 0. The first-order chi connectivity index (χ1) is 4.61. The van der Waals surface area contributed by atoms with Crippen LogP contribution in [0.5, 0.6) is 0 Å². The van der Waals surface area contributed by atoms with Crippen molar-refractivity contribution in [3.8, 4) is 0 Å². The summed E-state index contributed by atoms with van der Waals surface area (Å²) in [6, 6.07) is 2.46.